The van der Waals surface area contributed by atoms with Crippen molar-refractivity contribution >= 4 is 17.4 Å². The molecule has 2 heterocycles. The lowest BCUT2D eigenvalue weighted by atomic mass is 10.1. The maximum Gasteiger partial charge on any atom is 0.298 e. The van der Waals surface area contributed by atoms with Gasteiger partial charge in [-0.05, 0) is 35.9 Å². The van der Waals surface area contributed by atoms with Crippen molar-refractivity contribution in [2.45, 2.75) is 13.0 Å². The first-order chi connectivity index (χ1) is 14.7. The van der Waals surface area contributed by atoms with Gasteiger partial charge in [0.1, 0.15) is 5.76 Å². The van der Waals surface area contributed by atoms with Crippen LogP contribution in [0, 0.1) is 0 Å². The van der Waals surface area contributed by atoms with Gasteiger partial charge in [-0.1, -0.05) is 30.3 Å². The van der Waals surface area contributed by atoms with Gasteiger partial charge < -0.3 is 19.2 Å². The van der Waals surface area contributed by atoms with Crippen LogP contribution in [0.15, 0.2) is 71.3 Å². The summed E-state index contributed by atoms with van der Waals surface area (Å²) in [4.78, 5) is 16.8. The maximum atomic E-state index is 12.4. The predicted octanol–water partition coefficient (Wildman–Crippen LogP) is 4.45. The van der Waals surface area contributed by atoms with Gasteiger partial charge in [-0.3, -0.25) is 4.79 Å². The van der Waals surface area contributed by atoms with Crippen molar-refractivity contribution in [3.05, 3.63) is 89.6 Å². The van der Waals surface area contributed by atoms with Crippen LogP contribution in [0.3, 0.4) is 0 Å². The Labute approximate surface area is 177 Å². The van der Waals surface area contributed by atoms with Gasteiger partial charge in [0.25, 0.3) is 11.1 Å². The van der Waals surface area contributed by atoms with Crippen LogP contribution < -0.4 is 14.8 Å². The van der Waals surface area contributed by atoms with Crippen molar-refractivity contribution < 1.29 is 18.7 Å². The van der Waals surface area contributed by atoms with Crippen LogP contribution in [0.4, 0.5) is 0 Å². The van der Waals surface area contributed by atoms with E-state index in [9.17, 15) is 4.79 Å². The molecular weight excluding hydrogens is 402 g/mol. The van der Waals surface area contributed by atoms with Crippen molar-refractivity contribution in [1.29, 1.82) is 0 Å². The molecule has 1 amide bonds. The molecule has 2 aromatic carbocycles. The number of hydrogen-bond acceptors (Lipinski definition) is 7. The molecule has 1 N–H and O–H groups in total. The number of hydrogen-bond donors (Lipinski definition) is 1. The Bertz CT molecular complexity index is 1110. The third-order valence-corrected chi connectivity index (χ3v) is 4.91. The minimum atomic E-state index is -0.239. The van der Waals surface area contributed by atoms with Gasteiger partial charge in [-0.2, -0.15) is 9.36 Å². The molecule has 0 radical (unpaired) electrons. The van der Waals surface area contributed by atoms with E-state index in [1.807, 2.05) is 30.3 Å². The number of amides is 1. The van der Waals surface area contributed by atoms with Gasteiger partial charge in [-0.25, -0.2) is 0 Å². The molecule has 8 heteroatoms. The fourth-order valence-corrected chi connectivity index (χ4v) is 3.36. The number of carbonyl (C=O) groups is 1. The first-order valence-corrected chi connectivity index (χ1v) is 10.0. The quantitative estimate of drug-likeness (QED) is 0.452. The Morgan fingerprint density at radius 2 is 1.97 bits per heavy atom. The molecule has 0 saturated heterocycles. The Kier molecular flexibility index (Phi) is 6.05. The van der Waals surface area contributed by atoms with Crippen LogP contribution in [-0.2, 0) is 13.0 Å². The number of benzene rings is 2. The lowest BCUT2D eigenvalue weighted by Gasteiger charge is -2.10. The predicted molar refractivity (Wildman–Crippen MR) is 112 cm³/mol. The highest BCUT2D eigenvalue weighted by atomic mass is 32.1. The highest BCUT2D eigenvalue weighted by Gasteiger charge is 2.14. The number of aromatic nitrogens is 2. The summed E-state index contributed by atoms with van der Waals surface area (Å²) in [6.45, 7) is 0.307. The number of ether oxygens (including phenoxy) is 2. The summed E-state index contributed by atoms with van der Waals surface area (Å²) in [7, 11) is 1.52. The van der Waals surface area contributed by atoms with E-state index in [0.717, 1.165) is 5.56 Å². The Balaban J connectivity index is 1.42. The second kappa shape index (κ2) is 9.23. The molecule has 4 aromatic rings. The molecule has 0 aliphatic heterocycles. The molecule has 2 aromatic heterocycles. The standard InChI is InChI=1S/C22H19N3O4S/c1-27-19-13-16(21(26)23-14-17-8-5-11-28-17)9-10-18(19)29-22-24-20(25-30-22)12-15-6-3-2-4-7-15/h2-11,13H,12,14H2,1H3,(H,23,26). The summed E-state index contributed by atoms with van der Waals surface area (Å²) in [5.74, 6) is 2.02. The Hall–Kier alpha value is -3.65. The molecule has 30 heavy (non-hydrogen) atoms. The van der Waals surface area contributed by atoms with Crippen LogP contribution in [0.5, 0.6) is 16.7 Å². The second-order valence-electron chi connectivity index (χ2n) is 6.37. The summed E-state index contributed by atoms with van der Waals surface area (Å²) in [6, 6.07) is 18.5. The second-order valence-corrected chi connectivity index (χ2v) is 7.08. The first-order valence-electron chi connectivity index (χ1n) is 9.24. The molecular formula is C22H19N3O4S. The molecule has 0 unspecified atom stereocenters. The normalized spacial score (nSPS) is 10.6. The van der Waals surface area contributed by atoms with Crippen LogP contribution in [-0.4, -0.2) is 22.4 Å². The van der Waals surface area contributed by atoms with Crippen LogP contribution in [0.25, 0.3) is 0 Å². The van der Waals surface area contributed by atoms with Crippen LogP contribution in [0.1, 0.15) is 27.5 Å². The van der Waals surface area contributed by atoms with Crippen LogP contribution in [0.2, 0.25) is 0 Å². The number of furan rings is 1. The molecule has 0 spiro atoms. The van der Waals surface area contributed by atoms with Gasteiger partial charge in [-0.15, -0.1) is 0 Å². The zero-order valence-electron chi connectivity index (χ0n) is 16.2. The van der Waals surface area contributed by atoms with Gasteiger partial charge in [0.15, 0.2) is 17.3 Å². The lowest BCUT2D eigenvalue weighted by molar-refractivity contribution is 0.0947. The Morgan fingerprint density at radius 1 is 1.10 bits per heavy atom. The number of carbonyl (C=O) groups excluding carboxylic acids is 1. The lowest BCUT2D eigenvalue weighted by Crippen LogP contribution is -2.22. The average molecular weight is 421 g/mol. The van der Waals surface area contributed by atoms with E-state index < -0.39 is 0 Å². The topological polar surface area (TPSA) is 86.5 Å². The average Bonchev–Trinajstić information content (AvgIpc) is 3.45. The van der Waals surface area contributed by atoms with E-state index in [0.29, 0.717) is 46.8 Å². The first kappa shape index (κ1) is 19.7. The number of nitrogens with one attached hydrogen (secondary N) is 1. The highest BCUT2D eigenvalue weighted by molar-refractivity contribution is 7.07. The zero-order valence-corrected chi connectivity index (χ0v) is 17.0. The zero-order chi connectivity index (χ0) is 20.8. The minimum absolute atomic E-state index is 0.239. The molecule has 0 aliphatic carbocycles. The summed E-state index contributed by atoms with van der Waals surface area (Å²) in [5, 5.41) is 3.21. The largest absolute Gasteiger partial charge is 0.493 e. The Morgan fingerprint density at radius 3 is 2.73 bits per heavy atom. The van der Waals surface area contributed by atoms with Gasteiger partial charge in [0.05, 0.1) is 19.9 Å². The molecule has 0 fully saturated rings. The molecule has 4 rings (SSSR count). The molecule has 7 nitrogen and oxygen atoms in total. The SMILES string of the molecule is COc1cc(C(=O)NCc2ccco2)ccc1Oc1nc(Cc2ccccc2)ns1. The number of nitrogens with zero attached hydrogens (tertiary/aromatic N) is 2. The van der Waals surface area contributed by atoms with Gasteiger partial charge in [0, 0.05) is 23.5 Å². The molecule has 0 saturated carbocycles. The maximum absolute atomic E-state index is 12.4. The van der Waals surface area contributed by atoms with Crippen molar-refractivity contribution in [3.63, 3.8) is 0 Å². The summed E-state index contributed by atoms with van der Waals surface area (Å²) >= 11 is 1.17. The smallest absolute Gasteiger partial charge is 0.298 e. The third kappa shape index (κ3) is 4.84. The van der Waals surface area contributed by atoms with Gasteiger partial charge in [0.2, 0.25) is 0 Å². The van der Waals surface area contributed by atoms with E-state index in [-0.39, 0.29) is 5.91 Å². The summed E-state index contributed by atoms with van der Waals surface area (Å²) in [5.41, 5.74) is 1.58. The molecule has 0 aliphatic rings. The number of methoxy groups -OCH3 is 1. The minimum Gasteiger partial charge on any atom is -0.493 e. The van der Waals surface area contributed by atoms with Crippen LogP contribution >= 0.6 is 11.5 Å². The van der Waals surface area contributed by atoms with Gasteiger partial charge >= 0.3 is 0 Å². The molecule has 0 atom stereocenters. The van der Waals surface area contributed by atoms with E-state index in [1.54, 1.807) is 36.6 Å². The van der Waals surface area contributed by atoms with E-state index in [2.05, 4.69) is 14.7 Å². The van der Waals surface area contributed by atoms with E-state index in [4.69, 9.17) is 13.9 Å². The van der Waals surface area contributed by atoms with Crippen molar-refractivity contribution in [1.82, 2.24) is 14.7 Å². The van der Waals surface area contributed by atoms with E-state index in [1.165, 1.54) is 18.6 Å². The van der Waals surface area contributed by atoms with Crippen molar-refractivity contribution in [2.24, 2.45) is 0 Å². The monoisotopic (exact) mass is 421 g/mol. The van der Waals surface area contributed by atoms with Crippen molar-refractivity contribution in [3.8, 4) is 16.7 Å². The van der Waals surface area contributed by atoms with Crippen molar-refractivity contribution in [2.75, 3.05) is 7.11 Å². The summed E-state index contributed by atoms with van der Waals surface area (Å²) in [6.07, 6.45) is 2.20. The third-order valence-electron chi connectivity index (χ3n) is 4.28. The molecule has 152 valence electrons. The molecule has 0 bridgehead atoms. The van der Waals surface area contributed by atoms with E-state index >= 15 is 0 Å². The fraction of sp³-hybridized carbons (Fsp3) is 0.136. The summed E-state index contributed by atoms with van der Waals surface area (Å²) < 4.78 is 20.8. The highest BCUT2D eigenvalue weighted by Crippen LogP contribution is 2.33. The fourth-order valence-electron chi connectivity index (χ4n) is 2.80. The number of rotatable bonds is 8.